The first kappa shape index (κ1) is 16.9. The lowest BCUT2D eigenvalue weighted by molar-refractivity contribution is -0.124. The second-order valence-corrected chi connectivity index (χ2v) is 6.07. The standard InChI is InChI=1S/C13H22N4O2.ClH/c1-12(2,3)17-9-10(8-15-17)16-11(18)13(14)4-6-19-7-5-13;/h8-9H,4-7,14H2,1-3H3,(H,16,18);1H. The molecule has 1 aromatic heterocycles. The average Bonchev–Trinajstić information content (AvgIpc) is 2.78. The van der Waals surface area contributed by atoms with Crippen LogP contribution in [0, 0.1) is 0 Å². The zero-order valence-corrected chi connectivity index (χ0v) is 13.0. The molecule has 114 valence electrons. The number of nitrogens with one attached hydrogen (secondary N) is 1. The largest absolute Gasteiger partial charge is 0.381 e. The Morgan fingerprint density at radius 1 is 1.45 bits per heavy atom. The lowest BCUT2D eigenvalue weighted by Gasteiger charge is -2.31. The van der Waals surface area contributed by atoms with Gasteiger partial charge in [0.25, 0.3) is 0 Å². The molecule has 0 saturated carbocycles. The molecule has 20 heavy (non-hydrogen) atoms. The van der Waals surface area contributed by atoms with E-state index in [1.807, 2.05) is 10.9 Å². The van der Waals surface area contributed by atoms with Crippen LogP contribution in [-0.2, 0) is 15.1 Å². The molecule has 2 rings (SSSR count). The highest BCUT2D eigenvalue weighted by molar-refractivity contribution is 5.97. The maximum atomic E-state index is 12.2. The molecule has 0 atom stereocenters. The third-order valence-corrected chi connectivity index (χ3v) is 3.36. The Kier molecular flexibility index (Phi) is 5.18. The number of nitrogens with zero attached hydrogens (tertiary/aromatic N) is 2. The van der Waals surface area contributed by atoms with Crippen molar-refractivity contribution in [2.24, 2.45) is 5.73 Å². The number of ether oxygens (including phenoxy) is 1. The van der Waals surface area contributed by atoms with Gasteiger partial charge in [0.05, 0.1) is 17.4 Å². The number of carbonyl (C=O) groups excluding carboxylic acids is 1. The van der Waals surface area contributed by atoms with Gasteiger partial charge in [-0.15, -0.1) is 12.4 Å². The van der Waals surface area contributed by atoms with Gasteiger partial charge < -0.3 is 15.8 Å². The lowest BCUT2D eigenvalue weighted by Crippen LogP contribution is -2.54. The monoisotopic (exact) mass is 302 g/mol. The zero-order valence-electron chi connectivity index (χ0n) is 12.2. The minimum absolute atomic E-state index is 0. The minimum atomic E-state index is -0.831. The fourth-order valence-corrected chi connectivity index (χ4v) is 1.97. The highest BCUT2D eigenvalue weighted by atomic mass is 35.5. The van der Waals surface area contributed by atoms with E-state index in [0.717, 1.165) is 0 Å². The number of halogens is 1. The van der Waals surface area contributed by atoms with E-state index < -0.39 is 5.54 Å². The Morgan fingerprint density at radius 2 is 2.05 bits per heavy atom. The molecule has 1 amide bonds. The Morgan fingerprint density at radius 3 is 2.55 bits per heavy atom. The van der Waals surface area contributed by atoms with Crippen molar-refractivity contribution in [2.75, 3.05) is 18.5 Å². The molecule has 1 aliphatic heterocycles. The molecule has 1 aromatic rings. The summed E-state index contributed by atoms with van der Waals surface area (Å²) in [6.07, 6.45) is 4.56. The van der Waals surface area contributed by atoms with E-state index in [9.17, 15) is 4.79 Å². The second kappa shape index (κ2) is 6.11. The molecule has 1 fully saturated rings. The number of nitrogens with two attached hydrogens (primary N) is 1. The summed E-state index contributed by atoms with van der Waals surface area (Å²) in [5.41, 5.74) is 5.86. The van der Waals surface area contributed by atoms with Gasteiger partial charge in [0, 0.05) is 19.4 Å². The topological polar surface area (TPSA) is 82.2 Å². The average molecular weight is 303 g/mol. The summed E-state index contributed by atoms with van der Waals surface area (Å²) in [4.78, 5) is 12.2. The van der Waals surface area contributed by atoms with Crippen LogP contribution in [-0.4, -0.2) is 34.4 Å². The smallest absolute Gasteiger partial charge is 0.244 e. The highest BCUT2D eigenvalue weighted by Crippen LogP contribution is 2.21. The molecule has 7 heteroatoms. The fourth-order valence-electron chi connectivity index (χ4n) is 1.97. The van der Waals surface area contributed by atoms with Gasteiger partial charge in [-0.3, -0.25) is 9.48 Å². The third-order valence-electron chi connectivity index (χ3n) is 3.36. The summed E-state index contributed by atoms with van der Waals surface area (Å²) in [7, 11) is 0. The molecule has 0 aromatic carbocycles. The highest BCUT2D eigenvalue weighted by Gasteiger charge is 2.36. The predicted octanol–water partition coefficient (Wildman–Crippen LogP) is 1.51. The maximum Gasteiger partial charge on any atom is 0.244 e. The first-order valence-electron chi connectivity index (χ1n) is 6.54. The molecular formula is C13H23ClN4O2. The normalized spacial score (nSPS) is 18.2. The van der Waals surface area contributed by atoms with E-state index in [-0.39, 0.29) is 23.9 Å². The van der Waals surface area contributed by atoms with Crippen LogP contribution in [0.15, 0.2) is 12.4 Å². The van der Waals surface area contributed by atoms with Crippen molar-refractivity contribution in [1.29, 1.82) is 0 Å². The predicted molar refractivity (Wildman–Crippen MR) is 80.1 cm³/mol. The van der Waals surface area contributed by atoms with Crippen molar-refractivity contribution in [2.45, 2.75) is 44.7 Å². The summed E-state index contributed by atoms with van der Waals surface area (Å²) < 4.78 is 7.05. The summed E-state index contributed by atoms with van der Waals surface area (Å²) in [5, 5.41) is 7.09. The number of anilines is 1. The molecular weight excluding hydrogens is 280 g/mol. The lowest BCUT2D eigenvalue weighted by atomic mass is 9.90. The Labute approximate surface area is 125 Å². The summed E-state index contributed by atoms with van der Waals surface area (Å²) >= 11 is 0. The van der Waals surface area contributed by atoms with Gasteiger partial charge in [-0.05, 0) is 33.6 Å². The number of aromatic nitrogens is 2. The quantitative estimate of drug-likeness (QED) is 0.867. The van der Waals surface area contributed by atoms with Gasteiger partial charge in [-0.25, -0.2) is 0 Å². The SMILES string of the molecule is CC(C)(C)n1cc(NC(=O)C2(N)CCOCC2)cn1.Cl. The van der Waals surface area contributed by atoms with Crippen LogP contribution < -0.4 is 11.1 Å². The molecule has 0 aliphatic carbocycles. The van der Waals surface area contributed by atoms with Crippen LogP contribution in [0.3, 0.4) is 0 Å². The number of hydrogen-bond donors (Lipinski definition) is 2. The number of rotatable bonds is 2. The van der Waals surface area contributed by atoms with Gasteiger partial charge in [0.15, 0.2) is 0 Å². The zero-order chi connectivity index (χ0) is 14.1. The van der Waals surface area contributed by atoms with E-state index in [4.69, 9.17) is 10.5 Å². The van der Waals surface area contributed by atoms with E-state index in [1.165, 1.54) is 0 Å². The molecule has 6 nitrogen and oxygen atoms in total. The first-order chi connectivity index (χ1) is 8.81. The minimum Gasteiger partial charge on any atom is -0.381 e. The van der Waals surface area contributed by atoms with Crippen molar-refractivity contribution in [1.82, 2.24) is 9.78 Å². The van der Waals surface area contributed by atoms with Crippen LogP contribution in [0.2, 0.25) is 0 Å². The van der Waals surface area contributed by atoms with Crippen LogP contribution in [0.1, 0.15) is 33.6 Å². The van der Waals surface area contributed by atoms with Crippen LogP contribution in [0.25, 0.3) is 0 Å². The van der Waals surface area contributed by atoms with Crippen molar-refractivity contribution in [3.05, 3.63) is 12.4 Å². The van der Waals surface area contributed by atoms with Crippen molar-refractivity contribution < 1.29 is 9.53 Å². The molecule has 1 aliphatic rings. The first-order valence-corrected chi connectivity index (χ1v) is 6.54. The molecule has 0 radical (unpaired) electrons. The van der Waals surface area contributed by atoms with Crippen LogP contribution >= 0.6 is 12.4 Å². The van der Waals surface area contributed by atoms with E-state index in [0.29, 0.717) is 31.7 Å². The van der Waals surface area contributed by atoms with Crippen LogP contribution in [0.4, 0.5) is 5.69 Å². The van der Waals surface area contributed by atoms with Gasteiger partial charge in [-0.1, -0.05) is 0 Å². The molecule has 1 saturated heterocycles. The van der Waals surface area contributed by atoms with Gasteiger partial charge in [0.1, 0.15) is 5.54 Å². The molecule has 0 unspecified atom stereocenters. The maximum absolute atomic E-state index is 12.2. The van der Waals surface area contributed by atoms with E-state index in [2.05, 4.69) is 31.2 Å². The van der Waals surface area contributed by atoms with E-state index >= 15 is 0 Å². The number of amides is 1. The number of hydrogen-bond acceptors (Lipinski definition) is 4. The Hall–Kier alpha value is -1.11. The van der Waals surface area contributed by atoms with Crippen molar-refractivity contribution in [3.8, 4) is 0 Å². The molecule has 3 N–H and O–H groups in total. The van der Waals surface area contributed by atoms with Crippen molar-refractivity contribution in [3.63, 3.8) is 0 Å². The molecule has 0 bridgehead atoms. The second-order valence-electron chi connectivity index (χ2n) is 6.07. The molecule has 0 spiro atoms. The number of carbonyl (C=O) groups is 1. The van der Waals surface area contributed by atoms with Gasteiger partial charge >= 0.3 is 0 Å². The van der Waals surface area contributed by atoms with Crippen LogP contribution in [0.5, 0.6) is 0 Å². The summed E-state index contributed by atoms with van der Waals surface area (Å²) in [5.74, 6) is -0.163. The van der Waals surface area contributed by atoms with Gasteiger partial charge in [-0.2, -0.15) is 5.10 Å². The fraction of sp³-hybridized carbons (Fsp3) is 0.692. The van der Waals surface area contributed by atoms with Gasteiger partial charge in [0.2, 0.25) is 5.91 Å². The van der Waals surface area contributed by atoms with Crippen molar-refractivity contribution >= 4 is 24.0 Å². The molecule has 2 heterocycles. The Bertz CT molecular complexity index is 461. The summed E-state index contributed by atoms with van der Waals surface area (Å²) in [6, 6.07) is 0. The summed E-state index contributed by atoms with van der Waals surface area (Å²) in [6.45, 7) is 7.22. The third kappa shape index (κ3) is 3.71. The van der Waals surface area contributed by atoms with E-state index in [1.54, 1.807) is 6.20 Å². The Balaban J connectivity index is 0.00000200.